The van der Waals surface area contributed by atoms with Crippen LogP contribution < -0.4 is 11.3 Å². The first kappa shape index (κ1) is 15.0. The molecule has 1 aliphatic heterocycles. The highest BCUT2D eigenvalue weighted by Gasteiger charge is 2.42. The van der Waals surface area contributed by atoms with E-state index in [0.29, 0.717) is 4.91 Å². The molecule has 0 spiro atoms. The van der Waals surface area contributed by atoms with Crippen LogP contribution in [-0.4, -0.2) is 31.8 Å². The number of sulfone groups is 1. The number of nitrogens with two attached hydrogens (primary N) is 1. The average Bonchev–Trinajstić information content (AvgIpc) is 2.72. The maximum atomic E-state index is 12.1. The van der Waals surface area contributed by atoms with Crippen LogP contribution in [0.4, 0.5) is 0 Å². The lowest BCUT2D eigenvalue weighted by Gasteiger charge is -2.22. The fourth-order valence-electron chi connectivity index (χ4n) is 1.36. The van der Waals surface area contributed by atoms with E-state index in [1.807, 2.05) is 11.7 Å². The first-order chi connectivity index (χ1) is 7.84. The summed E-state index contributed by atoms with van der Waals surface area (Å²) in [6.07, 6.45) is 3.33. The summed E-state index contributed by atoms with van der Waals surface area (Å²) in [5, 5.41) is -1.01. The van der Waals surface area contributed by atoms with Crippen LogP contribution in [0.15, 0.2) is 11.0 Å². The van der Waals surface area contributed by atoms with Gasteiger partial charge in [-0.05, 0) is 26.2 Å². The van der Waals surface area contributed by atoms with Gasteiger partial charge in [0.15, 0.2) is 4.91 Å². The second-order valence-corrected chi connectivity index (χ2v) is 8.79. The van der Waals surface area contributed by atoms with Gasteiger partial charge in [0.1, 0.15) is 15.1 Å². The van der Waals surface area contributed by atoms with E-state index in [-0.39, 0.29) is 10.5 Å². The molecule has 1 heterocycles. The van der Waals surface area contributed by atoms with E-state index < -0.39 is 20.7 Å². The Morgan fingerprint density at radius 1 is 1.71 bits per heavy atom. The third-order valence-corrected chi connectivity index (χ3v) is 7.69. The van der Waals surface area contributed by atoms with Crippen LogP contribution in [0.25, 0.3) is 0 Å². The van der Waals surface area contributed by atoms with Crippen molar-refractivity contribution in [1.29, 1.82) is 0 Å². The van der Waals surface area contributed by atoms with E-state index in [9.17, 15) is 13.6 Å². The molecule has 0 saturated carbocycles. The zero-order valence-corrected chi connectivity index (χ0v) is 12.3. The molecule has 0 aromatic carbocycles. The molecule has 0 bridgehead atoms. The van der Waals surface area contributed by atoms with E-state index in [4.69, 9.17) is 5.84 Å². The van der Waals surface area contributed by atoms with Gasteiger partial charge in [-0.15, -0.1) is 27.7 Å². The third-order valence-electron chi connectivity index (χ3n) is 2.38. The summed E-state index contributed by atoms with van der Waals surface area (Å²) in [5.41, 5.74) is 2.04. The Bertz CT molecular complexity index is 384. The van der Waals surface area contributed by atoms with Crippen molar-refractivity contribution in [2.45, 2.75) is 28.9 Å². The summed E-state index contributed by atoms with van der Waals surface area (Å²) < 4.78 is 24.0. The van der Waals surface area contributed by atoms with Gasteiger partial charge in [0.05, 0.1) is 10.2 Å². The van der Waals surface area contributed by atoms with E-state index in [0.717, 1.165) is 0 Å². The fourth-order valence-corrected chi connectivity index (χ4v) is 5.85. The van der Waals surface area contributed by atoms with E-state index in [2.05, 4.69) is 0 Å². The Hall–Kier alpha value is -0.0200. The minimum absolute atomic E-state index is 0.232. The normalized spacial score (nSPS) is 27.8. The topological polar surface area (TPSA) is 95.2 Å². The Kier molecular flexibility index (Phi) is 5.08. The lowest BCUT2D eigenvalue weighted by Crippen LogP contribution is -2.36. The predicted molar refractivity (Wildman–Crippen MR) is 73.1 cm³/mol. The highest BCUT2D eigenvalue weighted by Crippen LogP contribution is 2.44. The standard InChI is InChI=1S/C9H16N2O3S3/c1-5(2)17(13,14)7-4-6(8(12)11-10)16-9(7)15-3/h4-6,9H,10H2,1-3H3,(H-,11,12,13,14). The first-order valence-corrected chi connectivity index (χ1v) is 8.76. The molecule has 0 aromatic heterocycles. The Morgan fingerprint density at radius 3 is 2.71 bits per heavy atom. The molecular weight excluding hydrogens is 280 g/mol. The molecule has 17 heavy (non-hydrogen) atoms. The minimum Gasteiger partial charge on any atom is -0.610 e. The van der Waals surface area contributed by atoms with Crippen LogP contribution in [0, 0.1) is 0 Å². The number of carbonyl (C=O) groups excluding carboxylic acids is 1. The van der Waals surface area contributed by atoms with E-state index in [1.165, 1.54) is 29.6 Å². The molecule has 5 nitrogen and oxygen atoms in total. The van der Waals surface area contributed by atoms with Crippen LogP contribution in [-0.2, 0) is 19.2 Å². The van der Waals surface area contributed by atoms with Crippen LogP contribution in [0.5, 0.6) is 0 Å². The number of amides is 1. The Morgan fingerprint density at radius 2 is 2.29 bits per heavy atom. The molecule has 8 heteroatoms. The number of thioether (sulfide) groups is 2. The van der Waals surface area contributed by atoms with E-state index >= 15 is 0 Å². The summed E-state index contributed by atoms with van der Waals surface area (Å²) in [4.78, 5) is 11.7. The smallest absolute Gasteiger partial charge is 0.251 e. The van der Waals surface area contributed by atoms with Gasteiger partial charge < -0.3 is 4.55 Å². The minimum atomic E-state index is -3.31. The molecule has 0 aromatic rings. The van der Waals surface area contributed by atoms with Crippen molar-refractivity contribution in [2.24, 2.45) is 5.84 Å². The average molecular weight is 296 g/mol. The summed E-state index contributed by atoms with van der Waals surface area (Å²) in [5.74, 6) is 4.68. The molecule has 1 aliphatic rings. The second kappa shape index (κ2) is 5.75. The van der Waals surface area contributed by atoms with E-state index in [1.54, 1.807) is 13.8 Å². The van der Waals surface area contributed by atoms with Crippen molar-refractivity contribution < 1.29 is 13.6 Å². The van der Waals surface area contributed by atoms with Gasteiger partial charge in [0, 0.05) is 0 Å². The maximum Gasteiger partial charge on any atom is 0.251 e. The van der Waals surface area contributed by atoms with Crippen molar-refractivity contribution in [3.8, 4) is 0 Å². The lowest BCUT2D eigenvalue weighted by molar-refractivity contribution is -0.119. The quantitative estimate of drug-likeness (QED) is 0.343. The van der Waals surface area contributed by atoms with Crippen molar-refractivity contribution >= 4 is 39.6 Å². The SMILES string of the molecule is CSC1SC(C(=O)NN)C=C1[S+](=O)([O-])C(C)C. The zero-order chi connectivity index (χ0) is 13.2. The Balaban J connectivity index is 3.03. The molecule has 1 rings (SSSR count). The van der Waals surface area contributed by atoms with Crippen molar-refractivity contribution in [1.82, 2.24) is 5.43 Å². The first-order valence-electron chi connectivity index (χ1n) is 4.99. The van der Waals surface area contributed by atoms with Crippen molar-refractivity contribution in [2.75, 3.05) is 6.26 Å². The summed E-state index contributed by atoms with van der Waals surface area (Å²) >= 11 is 2.71. The highest BCUT2D eigenvalue weighted by atomic mass is 32.3. The monoisotopic (exact) mass is 296 g/mol. The fraction of sp³-hybridized carbons (Fsp3) is 0.667. The summed E-state index contributed by atoms with van der Waals surface area (Å²) in [7, 11) is -3.31. The number of hydrazine groups is 1. The molecule has 3 unspecified atom stereocenters. The largest absolute Gasteiger partial charge is 0.610 e. The zero-order valence-electron chi connectivity index (χ0n) is 9.84. The molecule has 1 amide bonds. The molecule has 98 valence electrons. The molecule has 0 fully saturated rings. The van der Waals surface area contributed by atoms with Crippen molar-refractivity contribution in [3.05, 3.63) is 11.0 Å². The second-order valence-electron chi connectivity index (χ2n) is 3.80. The summed E-state index contributed by atoms with van der Waals surface area (Å²) in [6, 6.07) is 0. The van der Waals surface area contributed by atoms with Crippen LogP contribution in [0.2, 0.25) is 0 Å². The van der Waals surface area contributed by atoms with Crippen LogP contribution >= 0.6 is 23.5 Å². The Labute approximate surface area is 111 Å². The number of carbonyl (C=O) groups is 1. The maximum absolute atomic E-state index is 12.1. The highest BCUT2D eigenvalue weighted by molar-refractivity contribution is 8.19. The summed E-state index contributed by atoms with van der Waals surface area (Å²) in [6.45, 7) is 3.27. The van der Waals surface area contributed by atoms with Gasteiger partial charge in [-0.2, -0.15) is 0 Å². The molecule has 0 aliphatic carbocycles. The van der Waals surface area contributed by atoms with Gasteiger partial charge in [0.2, 0.25) is 0 Å². The van der Waals surface area contributed by atoms with Gasteiger partial charge in [-0.1, -0.05) is 0 Å². The molecule has 3 atom stereocenters. The van der Waals surface area contributed by atoms with Gasteiger partial charge in [-0.25, -0.2) is 5.84 Å². The lowest BCUT2D eigenvalue weighted by atomic mass is 10.3. The van der Waals surface area contributed by atoms with Gasteiger partial charge >= 0.3 is 0 Å². The number of nitrogens with one attached hydrogen (secondary N) is 1. The number of rotatable bonds is 4. The van der Waals surface area contributed by atoms with Crippen molar-refractivity contribution in [3.63, 3.8) is 0 Å². The third kappa shape index (κ3) is 3.05. The van der Waals surface area contributed by atoms with Crippen LogP contribution in [0.3, 0.4) is 0 Å². The molecular formula is C9H16N2O3S3. The van der Waals surface area contributed by atoms with Crippen LogP contribution in [0.1, 0.15) is 13.8 Å². The molecule has 0 radical (unpaired) electrons. The molecule has 0 saturated heterocycles. The molecule has 3 N–H and O–H groups in total. The van der Waals surface area contributed by atoms with Gasteiger partial charge in [-0.3, -0.25) is 10.2 Å². The number of hydrogen-bond donors (Lipinski definition) is 2. The van der Waals surface area contributed by atoms with Gasteiger partial charge in [0.25, 0.3) is 5.91 Å². The number of hydrogen-bond acceptors (Lipinski definition) is 6. The predicted octanol–water partition coefficient (Wildman–Crippen LogP) is 0.703.